The predicted molar refractivity (Wildman–Crippen MR) is 89.0 cm³/mol. The first-order chi connectivity index (χ1) is 10.9. The molecule has 2 rings (SSSR count). The van der Waals surface area contributed by atoms with Crippen molar-refractivity contribution in [3.63, 3.8) is 0 Å². The monoisotopic (exact) mass is 340 g/mol. The Hall–Kier alpha value is -1.60. The Balaban J connectivity index is 2.00. The summed E-state index contributed by atoms with van der Waals surface area (Å²) in [4.78, 5) is 14.2. The van der Waals surface area contributed by atoms with E-state index in [9.17, 15) is 13.2 Å². The zero-order valence-corrected chi connectivity index (χ0v) is 14.7. The highest BCUT2D eigenvalue weighted by Gasteiger charge is 2.27. The van der Waals surface area contributed by atoms with Crippen molar-refractivity contribution in [3.8, 4) is 5.75 Å². The van der Waals surface area contributed by atoms with Crippen LogP contribution in [0.25, 0.3) is 0 Å². The first-order valence-corrected chi connectivity index (χ1v) is 9.37. The van der Waals surface area contributed by atoms with Gasteiger partial charge in [0.25, 0.3) is 0 Å². The molecule has 0 spiro atoms. The van der Waals surface area contributed by atoms with Crippen LogP contribution in [0.15, 0.2) is 18.2 Å². The van der Waals surface area contributed by atoms with Gasteiger partial charge in [0.05, 0.1) is 19.3 Å². The van der Waals surface area contributed by atoms with E-state index < -0.39 is 10.0 Å². The Morgan fingerprint density at radius 3 is 2.43 bits per heavy atom. The molecule has 0 unspecified atom stereocenters. The molecule has 1 heterocycles. The van der Waals surface area contributed by atoms with Crippen molar-refractivity contribution >= 4 is 15.9 Å². The Kier molecular flexibility index (Phi) is 5.64. The number of carbonyl (C=O) groups excluding carboxylic acids is 1. The Morgan fingerprint density at radius 1 is 1.22 bits per heavy atom. The number of sulfonamides is 1. The van der Waals surface area contributed by atoms with Crippen LogP contribution >= 0.6 is 0 Å². The summed E-state index contributed by atoms with van der Waals surface area (Å²) in [5.74, 6) is 0.806. The zero-order valence-electron chi connectivity index (χ0n) is 13.9. The van der Waals surface area contributed by atoms with E-state index >= 15 is 0 Å². The minimum Gasteiger partial charge on any atom is -0.496 e. The molecule has 1 amide bonds. The topological polar surface area (TPSA) is 66.9 Å². The van der Waals surface area contributed by atoms with Crippen molar-refractivity contribution in [2.24, 2.45) is 0 Å². The van der Waals surface area contributed by atoms with Gasteiger partial charge in [-0.05, 0) is 19.9 Å². The van der Waals surface area contributed by atoms with Crippen molar-refractivity contribution in [1.29, 1.82) is 0 Å². The number of hydrogen-bond donors (Lipinski definition) is 0. The van der Waals surface area contributed by atoms with Gasteiger partial charge in [0.1, 0.15) is 5.75 Å². The van der Waals surface area contributed by atoms with Crippen molar-refractivity contribution in [1.82, 2.24) is 9.21 Å². The van der Waals surface area contributed by atoms with Crippen LogP contribution in [-0.4, -0.2) is 62.6 Å². The highest BCUT2D eigenvalue weighted by Crippen LogP contribution is 2.21. The lowest BCUT2D eigenvalue weighted by molar-refractivity contribution is -0.131. The summed E-state index contributed by atoms with van der Waals surface area (Å²) in [6.45, 7) is 5.22. The van der Waals surface area contributed by atoms with E-state index in [1.807, 2.05) is 25.1 Å². The Labute approximate surface area is 138 Å². The van der Waals surface area contributed by atoms with Crippen LogP contribution in [0, 0.1) is 6.92 Å². The van der Waals surface area contributed by atoms with E-state index in [1.165, 1.54) is 4.31 Å². The van der Waals surface area contributed by atoms with Crippen molar-refractivity contribution in [3.05, 3.63) is 29.3 Å². The fourth-order valence-electron chi connectivity index (χ4n) is 2.72. The first-order valence-electron chi connectivity index (χ1n) is 7.76. The SMILES string of the molecule is CCS(=O)(=O)N1CCN(C(=O)Cc2cc(C)ccc2OC)CC1. The lowest BCUT2D eigenvalue weighted by Gasteiger charge is -2.34. The van der Waals surface area contributed by atoms with Crippen LogP contribution in [0.1, 0.15) is 18.1 Å². The third-order valence-corrected chi connectivity index (χ3v) is 6.01. The minimum atomic E-state index is -3.17. The molecule has 1 aliphatic heterocycles. The van der Waals surface area contributed by atoms with Crippen molar-refractivity contribution < 1.29 is 17.9 Å². The normalized spacial score (nSPS) is 16.4. The Morgan fingerprint density at radius 2 is 1.87 bits per heavy atom. The molecule has 0 radical (unpaired) electrons. The van der Waals surface area contributed by atoms with Gasteiger partial charge >= 0.3 is 0 Å². The van der Waals surface area contributed by atoms with Gasteiger partial charge in [-0.2, -0.15) is 4.31 Å². The van der Waals surface area contributed by atoms with Gasteiger partial charge in [0.15, 0.2) is 0 Å². The number of ether oxygens (including phenoxy) is 1. The van der Waals surface area contributed by atoms with Gasteiger partial charge in [-0.3, -0.25) is 4.79 Å². The summed E-state index contributed by atoms with van der Waals surface area (Å²) in [6.07, 6.45) is 0.269. The molecule has 23 heavy (non-hydrogen) atoms. The molecule has 0 aromatic heterocycles. The Bertz CT molecular complexity index is 665. The number of methoxy groups -OCH3 is 1. The molecule has 128 valence electrons. The van der Waals surface area contributed by atoms with Crippen LogP contribution in [0.2, 0.25) is 0 Å². The molecular weight excluding hydrogens is 316 g/mol. The molecule has 1 aliphatic rings. The molecular formula is C16H24N2O4S. The summed E-state index contributed by atoms with van der Waals surface area (Å²) >= 11 is 0. The molecule has 1 aromatic rings. The molecule has 0 N–H and O–H groups in total. The van der Waals surface area contributed by atoms with Crippen LogP contribution in [0.5, 0.6) is 5.75 Å². The maximum absolute atomic E-state index is 12.5. The van der Waals surface area contributed by atoms with Crippen LogP contribution in [-0.2, 0) is 21.2 Å². The van der Waals surface area contributed by atoms with Gasteiger partial charge in [-0.1, -0.05) is 17.7 Å². The number of benzene rings is 1. The van der Waals surface area contributed by atoms with Gasteiger partial charge in [0.2, 0.25) is 15.9 Å². The van der Waals surface area contributed by atoms with Crippen LogP contribution in [0.4, 0.5) is 0 Å². The van der Waals surface area contributed by atoms with Crippen molar-refractivity contribution in [2.75, 3.05) is 39.0 Å². The molecule has 1 saturated heterocycles. The summed E-state index contributed by atoms with van der Waals surface area (Å²) in [6, 6.07) is 5.76. The molecule has 1 aromatic carbocycles. The second kappa shape index (κ2) is 7.31. The molecule has 0 bridgehead atoms. The van der Waals surface area contributed by atoms with E-state index in [0.29, 0.717) is 31.9 Å². The number of amides is 1. The molecule has 0 aliphatic carbocycles. The maximum Gasteiger partial charge on any atom is 0.227 e. The highest BCUT2D eigenvalue weighted by molar-refractivity contribution is 7.89. The lowest BCUT2D eigenvalue weighted by atomic mass is 10.1. The number of piperazine rings is 1. The van der Waals surface area contributed by atoms with E-state index in [-0.39, 0.29) is 18.1 Å². The van der Waals surface area contributed by atoms with Gasteiger partial charge < -0.3 is 9.64 Å². The number of carbonyl (C=O) groups is 1. The fraction of sp³-hybridized carbons (Fsp3) is 0.562. The molecule has 7 heteroatoms. The average molecular weight is 340 g/mol. The lowest BCUT2D eigenvalue weighted by Crippen LogP contribution is -2.51. The van der Waals surface area contributed by atoms with E-state index in [4.69, 9.17) is 4.74 Å². The average Bonchev–Trinajstić information content (AvgIpc) is 2.55. The molecule has 6 nitrogen and oxygen atoms in total. The van der Waals surface area contributed by atoms with Gasteiger partial charge in [-0.15, -0.1) is 0 Å². The quantitative estimate of drug-likeness (QED) is 0.803. The molecule has 0 atom stereocenters. The number of hydrogen-bond acceptors (Lipinski definition) is 4. The predicted octanol–water partition coefficient (Wildman–Crippen LogP) is 1.04. The molecule has 0 saturated carbocycles. The molecule has 1 fully saturated rings. The summed E-state index contributed by atoms with van der Waals surface area (Å²) < 4.78 is 30.5. The van der Waals surface area contributed by atoms with E-state index in [0.717, 1.165) is 11.1 Å². The second-order valence-corrected chi connectivity index (χ2v) is 7.93. The highest BCUT2D eigenvalue weighted by atomic mass is 32.2. The fourth-order valence-corrected chi connectivity index (χ4v) is 3.80. The summed E-state index contributed by atoms with van der Waals surface area (Å²) in [5, 5.41) is 0. The third-order valence-electron chi connectivity index (χ3n) is 4.13. The van der Waals surface area contributed by atoms with Gasteiger partial charge in [-0.25, -0.2) is 8.42 Å². The second-order valence-electron chi connectivity index (χ2n) is 5.67. The zero-order chi connectivity index (χ0) is 17.0. The number of nitrogens with zero attached hydrogens (tertiary/aromatic N) is 2. The van der Waals surface area contributed by atoms with E-state index in [1.54, 1.807) is 18.9 Å². The smallest absolute Gasteiger partial charge is 0.227 e. The number of aryl methyl sites for hydroxylation is 1. The van der Waals surface area contributed by atoms with E-state index in [2.05, 4.69) is 0 Å². The minimum absolute atomic E-state index is 0.00227. The van der Waals surface area contributed by atoms with Gasteiger partial charge in [0, 0.05) is 31.7 Å². The maximum atomic E-state index is 12.5. The first kappa shape index (κ1) is 17.7. The third kappa shape index (κ3) is 4.23. The number of rotatable bonds is 5. The summed E-state index contributed by atoms with van der Waals surface area (Å²) in [5.41, 5.74) is 1.94. The summed E-state index contributed by atoms with van der Waals surface area (Å²) in [7, 11) is -1.58. The largest absolute Gasteiger partial charge is 0.496 e. The van der Waals surface area contributed by atoms with Crippen LogP contribution < -0.4 is 4.74 Å². The van der Waals surface area contributed by atoms with Crippen LogP contribution in [0.3, 0.4) is 0 Å². The van der Waals surface area contributed by atoms with Crippen molar-refractivity contribution in [2.45, 2.75) is 20.3 Å². The standard InChI is InChI=1S/C16H24N2O4S/c1-4-23(20,21)18-9-7-17(8-10-18)16(19)12-14-11-13(2)5-6-15(14)22-3/h5-6,11H,4,7-10,12H2,1-3H3.